The van der Waals surface area contributed by atoms with Crippen molar-refractivity contribution in [1.82, 2.24) is 15.1 Å². The molecule has 0 unspecified atom stereocenters. The highest BCUT2D eigenvalue weighted by atomic mass is 32.1. The van der Waals surface area contributed by atoms with Gasteiger partial charge in [0, 0.05) is 40.1 Å². The fourth-order valence-corrected chi connectivity index (χ4v) is 3.48. The van der Waals surface area contributed by atoms with Crippen molar-refractivity contribution in [1.29, 1.82) is 0 Å². The van der Waals surface area contributed by atoms with Gasteiger partial charge >= 0.3 is 0 Å². The molecular weight excluding hydrogens is 362 g/mol. The molecule has 0 fully saturated rings. The third-order valence-electron chi connectivity index (χ3n) is 3.41. The Kier molecular flexibility index (Phi) is 9.73. The minimum absolute atomic E-state index is 0.476. The molecule has 0 atom stereocenters. The summed E-state index contributed by atoms with van der Waals surface area (Å²) in [5, 5.41) is 10.4. The van der Waals surface area contributed by atoms with Crippen molar-refractivity contribution in [3.05, 3.63) is 50.2 Å². The Hall–Kier alpha value is -1.53. The van der Waals surface area contributed by atoms with Crippen LogP contribution in [-0.4, -0.2) is 15.1 Å². The molecule has 3 aromatic rings. The van der Waals surface area contributed by atoms with E-state index in [1.165, 1.54) is 10.0 Å². The molecule has 0 saturated heterocycles. The van der Waals surface area contributed by atoms with Crippen LogP contribution in [0.3, 0.4) is 0 Å². The zero-order valence-corrected chi connectivity index (χ0v) is 18.7. The lowest BCUT2D eigenvalue weighted by atomic mass is 10.1. The van der Waals surface area contributed by atoms with Crippen LogP contribution in [0.25, 0.3) is 0 Å². The number of nitrogens with zero attached hydrogens (tertiary/aromatic N) is 3. The summed E-state index contributed by atoms with van der Waals surface area (Å²) < 4.78 is 4.76. The van der Waals surface area contributed by atoms with E-state index < -0.39 is 0 Å². The molecular formula is C20H31N3OS2. The lowest BCUT2D eigenvalue weighted by Crippen LogP contribution is -1.88. The first-order valence-corrected chi connectivity index (χ1v) is 10.7. The summed E-state index contributed by atoms with van der Waals surface area (Å²) in [4.78, 5) is 8.46. The molecule has 0 aliphatic carbocycles. The number of aryl methyl sites for hydroxylation is 2. The Bertz CT molecular complexity index is 728. The summed E-state index contributed by atoms with van der Waals surface area (Å²) in [6.07, 6.45) is 3.52. The molecule has 0 aromatic carbocycles. The highest BCUT2D eigenvalue weighted by Gasteiger charge is 2.05. The normalized spacial score (nSPS) is 10.6. The van der Waals surface area contributed by atoms with Crippen LogP contribution in [0.2, 0.25) is 0 Å². The molecule has 0 radical (unpaired) electrons. The average molecular weight is 394 g/mol. The predicted octanol–water partition coefficient (Wildman–Crippen LogP) is 6.95. The van der Waals surface area contributed by atoms with Gasteiger partial charge in [-0.25, -0.2) is 9.97 Å². The molecule has 0 aliphatic rings. The van der Waals surface area contributed by atoms with Crippen molar-refractivity contribution in [2.45, 2.75) is 73.1 Å². The average Bonchev–Trinajstić information content (AvgIpc) is 3.28. The second kappa shape index (κ2) is 11.2. The zero-order chi connectivity index (χ0) is 19.7. The Labute approximate surface area is 165 Å². The summed E-state index contributed by atoms with van der Waals surface area (Å²) in [7, 11) is 0. The summed E-state index contributed by atoms with van der Waals surface area (Å²) in [5.41, 5.74) is 3.35. The van der Waals surface area contributed by atoms with Crippen molar-refractivity contribution < 1.29 is 4.52 Å². The van der Waals surface area contributed by atoms with Gasteiger partial charge < -0.3 is 4.52 Å². The van der Waals surface area contributed by atoms with Crippen molar-refractivity contribution in [2.75, 3.05) is 0 Å². The van der Waals surface area contributed by atoms with Crippen LogP contribution in [0.1, 0.15) is 86.3 Å². The van der Waals surface area contributed by atoms with Gasteiger partial charge in [0.15, 0.2) is 0 Å². The van der Waals surface area contributed by atoms with Crippen LogP contribution in [0.15, 0.2) is 27.7 Å². The molecule has 0 amide bonds. The molecule has 144 valence electrons. The first kappa shape index (κ1) is 22.5. The molecule has 0 aliphatic heterocycles. The number of thiazole rings is 2. The van der Waals surface area contributed by atoms with E-state index in [0.29, 0.717) is 17.8 Å². The fourth-order valence-electron chi connectivity index (χ4n) is 2.01. The second-order valence-corrected chi connectivity index (χ2v) is 8.86. The van der Waals surface area contributed by atoms with Gasteiger partial charge in [-0.05, 0) is 19.8 Å². The smallest absolute Gasteiger partial charge is 0.127 e. The van der Waals surface area contributed by atoms with Crippen molar-refractivity contribution in [2.24, 2.45) is 0 Å². The summed E-state index contributed by atoms with van der Waals surface area (Å²) in [5.74, 6) is 1.66. The zero-order valence-electron chi connectivity index (χ0n) is 17.1. The highest BCUT2D eigenvalue weighted by Crippen LogP contribution is 2.18. The van der Waals surface area contributed by atoms with Crippen LogP contribution in [-0.2, 0) is 0 Å². The van der Waals surface area contributed by atoms with E-state index in [-0.39, 0.29) is 0 Å². The molecule has 3 aromatic heterocycles. The molecule has 0 N–H and O–H groups in total. The Morgan fingerprint density at radius 3 is 1.77 bits per heavy atom. The quantitative estimate of drug-likeness (QED) is 0.483. The molecule has 4 nitrogen and oxygen atoms in total. The van der Waals surface area contributed by atoms with Gasteiger partial charge in [-0.15, -0.1) is 22.7 Å². The molecule has 0 spiro atoms. The highest BCUT2D eigenvalue weighted by molar-refractivity contribution is 7.09. The number of hydrogen-bond acceptors (Lipinski definition) is 6. The first-order chi connectivity index (χ1) is 12.2. The predicted molar refractivity (Wildman–Crippen MR) is 112 cm³/mol. The second-order valence-electron chi connectivity index (χ2n) is 7.04. The van der Waals surface area contributed by atoms with E-state index in [9.17, 15) is 0 Å². The lowest BCUT2D eigenvalue weighted by Gasteiger charge is -1.96. The van der Waals surface area contributed by atoms with Gasteiger partial charge in [0.1, 0.15) is 6.26 Å². The Morgan fingerprint density at radius 2 is 1.54 bits per heavy atom. The lowest BCUT2D eigenvalue weighted by molar-refractivity contribution is 0.408. The first-order valence-electron chi connectivity index (χ1n) is 8.94. The SMILES string of the molecule is CC(C)c1nccs1.Cc1conc1C(C)C.Cc1csc(C(C)C)n1. The molecule has 6 heteroatoms. The maximum atomic E-state index is 4.76. The Morgan fingerprint density at radius 1 is 0.885 bits per heavy atom. The van der Waals surface area contributed by atoms with Gasteiger partial charge in [0.05, 0.1) is 15.7 Å². The topological polar surface area (TPSA) is 51.8 Å². The van der Waals surface area contributed by atoms with Crippen LogP contribution in [0.5, 0.6) is 0 Å². The van der Waals surface area contributed by atoms with Gasteiger partial charge in [0.25, 0.3) is 0 Å². The van der Waals surface area contributed by atoms with Crippen LogP contribution < -0.4 is 0 Å². The van der Waals surface area contributed by atoms with Gasteiger partial charge in [-0.3, -0.25) is 0 Å². The summed E-state index contributed by atoms with van der Waals surface area (Å²) in [6.45, 7) is 16.9. The third kappa shape index (κ3) is 7.79. The minimum atomic E-state index is 0.476. The van der Waals surface area contributed by atoms with E-state index in [1.54, 1.807) is 28.9 Å². The van der Waals surface area contributed by atoms with E-state index >= 15 is 0 Å². The largest absolute Gasteiger partial charge is 0.364 e. The minimum Gasteiger partial charge on any atom is -0.364 e. The van der Waals surface area contributed by atoms with E-state index in [1.807, 2.05) is 25.4 Å². The van der Waals surface area contributed by atoms with Crippen LogP contribution >= 0.6 is 22.7 Å². The maximum Gasteiger partial charge on any atom is 0.127 e. The molecule has 26 heavy (non-hydrogen) atoms. The van der Waals surface area contributed by atoms with E-state index in [2.05, 4.69) is 62.0 Å². The summed E-state index contributed by atoms with van der Waals surface area (Å²) >= 11 is 3.47. The van der Waals surface area contributed by atoms with Crippen molar-refractivity contribution in [3.8, 4) is 0 Å². The monoisotopic (exact) mass is 393 g/mol. The van der Waals surface area contributed by atoms with Crippen molar-refractivity contribution >= 4 is 22.7 Å². The van der Waals surface area contributed by atoms with E-state index in [4.69, 9.17) is 4.52 Å². The van der Waals surface area contributed by atoms with Crippen LogP contribution in [0.4, 0.5) is 0 Å². The molecule has 3 rings (SSSR count). The maximum absolute atomic E-state index is 4.76. The van der Waals surface area contributed by atoms with Gasteiger partial charge in [-0.2, -0.15) is 0 Å². The Balaban J connectivity index is 0.000000195. The fraction of sp³-hybridized carbons (Fsp3) is 0.550. The molecule has 0 bridgehead atoms. The third-order valence-corrected chi connectivity index (χ3v) is 5.75. The molecule has 0 saturated carbocycles. The van der Waals surface area contributed by atoms with Gasteiger partial charge in [0.2, 0.25) is 0 Å². The van der Waals surface area contributed by atoms with Crippen LogP contribution in [0, 0.1) is 13.8 Å². The summed E-state index contributed by atoms with van der Waals surface area (Å²) in [6, 6.07) is 0. The molecule has 3 heterocycles. The number of hydrogen-bond donors (Lipinski definition) is 0. The standard InChI is InChI=1S/C7H11NO.C7H11NS.C6H9NS/c1-5(2)7-6(3)4-9-8-7;1-5(2)7-8-6(3)4-9-7;1-5(2)6-7-3-4-8-6/h2*4-5H,1-3H3;3-5H,1-2H3. The number of aromatic nitrogens is 3. The van der Waals surface area contributed by atoms with Crippen molar-refractivity contribution in [3.63, 3.8) is 0 Å². The number of rotatable bonds is 3. The van der Waals surface area contributed by atoms with Gasteiger partial charge in [-0.1, -0.05) is 46.7 Å². The van der Waals surface area contributed by atoms with E-state index in [0.717, 1.165) is 17.0 Å².